The van der Waals surface area contributed by atoms with Crippen molar-refractivity contribution < 1.29 is 22.6 Å². The maximum absolute atomic E-state index is 13.5. The third kappa shape index (κ3) is 5.48. The average Bonchev–Trinajstić information content (AvgIpc) is 2.84. The van der Waals surface area contributed by atoms with Gasteiger partial charge in [-0.15, -0.1) is 0 Å². The fraction of sp³-hybridized carbons (Fsp3) is 0.520. The van der Waals surface area contributed by atoms with Crippen LogP contribution in [0.4, 0.5) is 24.5 Å². The Bertz CT molecular complexity index is 992. The molecule has 2 fully saturated rings. The molecule has 1 atom stereocenters. The lowest BCUT2D eigenvalue weighted by molar-refractivity contribution is -0.137. The molecule has 0 amide bonds. The summed E-state index contributed by atoms with van der Waals surface area (Å²) < 4.78 is 52.2. The van der Waals surface area contributed by atoms with Crippen LogP contribution < -0.4 is 15.0 Å². The molecule has 184 valence electrons. The van der Waals surface area contributed by atoms with E-state index in [0.717, 1.165) is 79.6 Å². The van der Waals surface area contributed by atoms with Gasteiger partial charge in [-0.3, -0.25) is 0 Å². The van der Waals surface area contributed by atoms with Crippen molar-refractivity contribution in [2.45, 2.75) is 47.9 Å². The monoisotopic (exact) mass is 493 g/mol. The number of hydrogen-bond acceptors (Lipinski definition) is 6. The Kier molecular flexibility index (Phi) is 7.24. The Labute approximate surface area is 202 Å². The SMILES string of the molecule is FC(F)(F)c1ccc2c(c1)N(CCCN1CCNCC1)c1ccc(OC3CCCCO3)cc1S2. The van der Waals surface area contributed by atoms with Gasteiger partial charge >= 0.3 is 6.18 Å². The van der Waals surface area contributed by atoms with Gasteiger partial charge in [-0.2, -0.15) is 13.2 Å². The highest BCUT2D eigenvalue weighted by Crippen LogP contribution is 2.50. The van der Waals surface area contributed by atoms with Crippen LogP contribution in [0.5, 0.6) is 5.75 Å². The Balaban J connectivity index is 1.39. The molecule has 0 aromatic heterocycles. The number of ether oxygens (including phenoxy) is 2. The van der Waals surface area contributed by atoms with Gasteiger partial charge in [-0.1, -0.05) is 11.8 Å². The Morgan fingerprint density at radius 1 is 1.00 bits per heavy atom. The van der Waals surface area contributed by atoms with Gasteiger partial charge in [0.15, 0.2) is 6.29 Å². The molecule has 5 rings (SSSR count). The minimum atomic E-state index is -4.37. The van der Waals surface area contributed by atoms with Crippen LogP contribution in [-0.2, 0) is 10.9 Å². The van der Waals surface area contributed by atoms with E-state index in [2.05, 4.69) is 10.2 Å². The van der Waals surface area contributed by atoms with Crippen molar-refractivity contribution in [2.75, 3.05) is 50.8 Å². The second kappa shape index (κ2) is 10.4. The molecular formula is C25H30F3N3O2S. The maximum atomic E-state index is 13.5. The summed E-state index contributed by atoms with van der Waals surface area (Å²) in [6, 6.07) is 9.91. The maximum Gasteiger partial charge on any atom is 0.416 e. The van der Waals surface area contributed by atoms with Crippen LogP contribution in [-0.4, -0.2) is 57.1 Å². The molecule has 0 radical (unpaired) electrons. The number of rotatable bonds is 6. The van der Waals surface area contributed by atoms with Crippen LogP contribution in [0.2, 0.25) is 0 Å². The van der Waals surface area contributed by atoms with Gasteiger partial charge in [-0.05, 0) is 62.2 Å². The zero-order chi connectivity index (χ0) is 23.5. The van der Waals surface area contributed by atoms with Gasteiger partial charge in [-0.25, -0.2) is 0 Å². The molecule has 0 bridgehead atoms. The van der Waals surface area contributed by atoms with Crippen molar-refractivity contribution in [1.82, 2.24) is 10.2 Å². The molecular weight excluding hydrogens is 463 g/mol. The fourth-order valence-corrected chi connectivity index (χ4v) is 5.80. The Morgan fingerprint density at radius 3 is 2.62 bits per heavy atom. The molecule has 2 aromatic carbocycles. The third-order valence-corrected chi connectivity index (χ3v) is 7.60. The Hall–Kier alpha value is -1.94. The number of nitrogens with one attached hydrogen (secondary N) is 1. The molecule has 5 nitrogen and oxygen atoms in total. The number of benzene rings is 2. The summed E-state index contributed by atoms with van der Waals surface area (Å²) in [5, 5.41) is 3.35. The molecule has 0 spiro atoms. The summed E-state index contributed by atoms with van der Waals surface area (Å²) in [6.45, 7) is 6.26. The van der Waals surface area contributed by atoms with Gasteiger partial charge in [0.25, 0.3) is 0 Å². The zero-order valence-electron chi connectivity index (χ0n) is 19.1. The molecule has 34 heavy (non-hydrogen) atoms. The number of hydrogen-bond donors (Lipinski definition) is 1. The van der Waals surface area contributed by atoms with E-state index < -0.39 is 11.7 Å². The number of nitrogens with zero attached hydrogens (tertiary/aromatic N) is 2. The topological polar surface area (TPSA) is 37.0 Å². The van der Waals surface area contributed by atoms with Crippen molar-refractivity contribution in [2.24, 2.45) is 0 Å². The molecule has 3 heterocycles. The van der Waals surface area contributed by atoms with Crippen LogP contribution >= 0.6 is 11.8 Å². The highest BCUT2D eigenvalue weighted by atomic mass is 32.2. The zero-order valence-corrected chi connectivity index (χ0v) is 19.9. The van der Waals surface area contributed by atoms with Crippen molar-refractivity contribution >= 4 is 23.1 Å². The lowest BCUT2D eigenvalue weighted by atomic mass is 10.1. The van der Waals surface area contributed by atoms with E-state index in [0.29, 0.717) is 18.8 Å². The molecule has 3 aliphatic rings. The summed E-state index contributed by atoms with van der Waals surface area (Å²) in [4.78, 5) is 6.26. The number of fused-ring (bicyclic) bond motifs is 2. The molecule has 3 aliphatic heterocycles. The van der Waals surface area contributed by atoms with Crippen LogP contribution in [0.25, 0.3) is 0 Å². The second-order valence-corrected chi connectivity index (χ2v) is 10.0. The van der Waals surface area contributed by atoms with Crippen LogP contribution in [0.1, 0.15) is 31.2 Å². The van der Waals surface area contributed by atoms with Crippen molar-refractivity contribution in [1.29, 1.82) is 0 Å². The van der Waals surface area contributed by atoms with E-state index >= 15 is 0 Å². The number of piperazine rings is 1. The first-order valence-electron chi connectivity index (χ1n) is 12.0. The predicted octanol–water partition coefficient (Wildman–Crippen LogP) is 5.51. The highest BCUT2D eigenvalue weighted by molar-refractivity contribution is 7.99. The van der Waals surface area contributed by atoms with Crippen molar-refractivity contribution in [3.8, 4) is 5.75 Å². The molecule has 1 unspecified atom stereocenters. The molecule has 1 N–H and O–H groups in total. The standard InChI is InChI=1S/C25H30F3N3O2S/c26-25(27,28)18-5-8-22-21(16-18)31(12-3-11-30-13-9-29-10-14-30)20-7-6-19(17-23(20)34-22)33-24-4-1-2-15-32-24/h5-8,16-17,24,29H,1-4,9-15H2. The summed E-state index contributed by atoms with van der Waals surface area (Å²) in [7, 11) is 0. The average molecular weight is 494 g/mol. The summed E-state index contributed by atoms with van der Waals surface area (Å²) in [5.74, 6) is 0.731. The smallest absolute Gasteiger partial charge is 0.416 e. The minimum absolute atomic E-state index is 0.239. The lowest BCUT2D eigenvalue weighted by Gasteiger charge is -2.35. The number of halogens is 3. The van der Waals surface area contributed by atoms with Gasteiger partial charge < -0.3 is 24.6 Å². The van der Waals surface area contributed by atoms with E-state index in [-0.39, 0.29) is 6.29 Å². The predicted molar refractivity (Wildman–Crippen MR) is 127 cm³/mol. The van der Waals surface area contributed by atoms with Crippen molar-refractivity contribution in [3.63, 3.8) is 0 Å². The molecule has 2 saturated heterocycles. The lowest BCUT2D eigenvalue weighted by Crippen LogP contribution is -2.44. The second-order valence-electron chi connectivity index (χ2n) is 8.92. The largest absolute Gasteiger partial charge is 0.465 e. The van der Waals surface area contributed by atoms with E-state index in [1.165, 1.54) is 23.9 Å². The first-order chi connectivity index (χ1) is 16.5. The molecule has 0 aliphatic carbocycles. The minimum Gasteiger partial charge on any atom is -0.465 e. The normalized spacial score (nSPS) is 21.1. The fourth-order valence-electron chi connectivity index (χ4n) is 4.70. The van der Waals surface area contributed by atoms with E-state index in [1.807, 2.05) is 23.1 Å². The van der Waals surface area contributed by atoms with E-state index in [1.54, 1.807) is 6.07 Å². The summed E-state index contributed by atoms with van der Waals surface area (Å²) in [5.41, 5.74) is 0.933. The molecule has 9 heteroatoms. The molecule has 0 saturated carbocycles. The molecule has 2 aromatic rings. The van der Waals surface area contributed by atoms with Gasteiger partial charge in [0.05, 0.1) is 23.5 Å². The number of alkyl halides is 3. The first kappa shape index (κ1) is 23.8. The van der Waals surface area contributed by atoms with Crippen LogP contribution in [0.15, 0.2) is 46.2 Å². The van der Waals surface area contributed by atoms with Gasteiger partial charge in [0.1, 0.15) is 5.75 Å². The van der Waals surface area contributed by atoms with Crippen LogP contribution in [0, 0.1) is 0 Å². The summed E-state index contributed by atoms with van der Waals surface area (Å²) in [6.07, 6.45) is -0.736. The third-order valence-electron chi connectivity index (χ3n) is 6.49. The van der Waals surface area contributed by atoms with E-state index in [9.17, 15) is 13.2 Å². The highest BCUT2D eigenvalue weighted by Gasteiger charge is 2.33. The van der Waals surface area contributed by atoms with Gasteiger partial charge in [0.2, 0.25) is 0 Å². The summed E-state index contributed by atoms with van der Waals surface area (Å²) >= 11 is 1.49. The Morgan fingerprint density at radius 2 is 1.85 bits per heavy atom. The van der Waals surface area contributed by atoms with Crippen LogP contribution in [0.3, 0.4) is 0 Å². The number of anilines is 2. The quantitative estimate of drug-likeness (QED) is 0.572. The van der Waals surface area contributed by atoms with E-state index in [4.69, 9.17) is 9.47 Å². The van der Waals surface area contributed by atoms with Gasteiger partial charge in [0, 0.05) is 48.9 Å². The first-order valence-corrected chi connectivity index (χ1v) is 12.8. The van der Waals surface area contributed by atoms with Crippen molar-refractivity contribution in [3.05, 3.63) is 42.0 Å².